The van der Waals surface area contributed by atoms with Crippen LogP contribution in [-0.4, -0.2) is 16.1 Å². The SMILES string of the molecule is Cc1cc(F)cc2c(=O)c(C(=O)O)c[nH]c12. The second-order valence-electron chi connectivity index (χ2n) is 3.48. The highest BCUT2D eigenvalue weighted by Crippen LogP contribution is 2.15. The highest BCUT2D eigenvalue weighted by Gasteiger charge is 2.13. The van der Waals surface area contributed by atoms with E-state index in [-0.39, 0.29) is 5.39 Å². The predicted octanol–water partition coefficient (Wildman–Crippen LogP) is 1.67. The van der Waals surface area contributed by atoms with Crippen LogP contribution in [0.5, 0.6) is 0 Å². The van der Waals surface area contributed by atoms with E-state index in [4.69, 9.17) is 5.11 Å². The molecule has 2 aromatic rings. The van der Waals surface area contributed by atoms with Crippen LogP contribution in [0.4, 0.5) is 4.39 Å². The molecular formula is C11H8FNO3. The van der Waals surface area contributed by atoms with E-state index in [2.05, 4.69) is 4.98 Å². The number of carboxylic acids is 1. The molecule has 0 aliphatic rings. The third-order valence-corrected chi connectivity index (χ3v) is 2.38. The molecule has 0 atom stereocenters. The van der Waals surface area contributed by atoms with Gasteiger partial charge in [0.1, 0.15) is 11.4 Å². The summed E-state index contributed by atoms with van der Waals surface area (Å²) in [5, 5.41) is 8.80. The molecule has 0 spiro atoms. The normalized spacial score (nSPS) is 10.6. The van der Waals surface area contributed by atoms with Crippen LogP contribution < -0.4 is 5.43 Å². The van der Waals surface area contributed by atoms with Gasteiger partial charge in [0.05, 0.1) is 5.52 Å². The summed E-state index contributed by atoms with van der Waals surface area (Å²) in [5.41, 5.74) is -0.0539. The average Bonchev–Trinajstić information content (AvgIpc) is 2.19. The molecule has 82 valence electrons. The number of nitrogens with one attached hydrogen (secondary N) is 1. The number of carboxylic acid groups (broad SMARTS) is 1. The second kappa shape index (κ2) is 3.44. The minimum absolute atomic E-state index is 0.0531. The lowest BCUT2D eigenvalue weighted by Gasteiger charge is -2.03. The van der Waals surface area contributed by atoms with Crippen molar-refractivity contribution < 1.29 is 14.3 Å². The van der Waals surface area contributed by atoms with Gasteiger partial charge in [0, 0.05) is 11.6 Å². The predicted molar refractivity (Wildman–Crippen MR) is 56.2 cm³/mol. The lowest BCUT2D eigenvalue weighted by Crippen LogP contribution is -2.15. The van der Waals surface area contributed by atoms with Crippen molar-refractivity contribution in [2.24, 2.45) is 0 Å². The number of halogens is 1. The molecular weight excluding hydrogens is 213 g/mol. The number of pyridine rings is 1. The number of H-pyrrole nitrogens is 1. The number of hydrogen-bond donors (Lipinski definition) is 2. The van der Waals surface area contributed by atoms with Gasteiger partial charge >= 0.3 is 5.97 Å². The molecule has 5 heteroatoms. The second-order valence-corrected chi connectivity index (χ2v) is 3.48. The summed E-state index contributed by atoms with van der Waals surface area (Å²) in [6, 6.07) is 2.31. The molecule has 0 fully saturated rings. The maximum absolute atomic E-state index is 13.1. The number of rotatable bonds is 1. The third kappa shape index (κ3) is 1.46. The van der Waals surface area contributed by atoms with E-state index in [0.717, 1.165) is 12.3 Å². The number of carbonyl (C=O) groups is 1. The van der Waals surface area contributed by atoms with Gasteiger partial charge in [0.2, 0.25) is 5.43 Å². The number of fused-ring (bicyclic) bond motifs is 1. The summed E-state index contributed by atoms with van der Waals surface area (Å²) in [6.07, 6.45) is 1.12. The fourth-order valence-electron chi connectivity index (χ4n) is 1.63. The molecule has 0 bridgehead atoms. The van der Waals surface area contributed by atoms with E-state index >= 15 is 0 Å². The zero-order chi connectivity index (χ0) is 11.9. The largest absolute Gasteiger partial charge is 0.477 e. The topological polar surface area (TPSA) is 70.2 Å². The van der Waals surface area contributed by atoms with Crippen molar-refractivity contribution in [2.45, 2.75) is 6.92 Å². The molecule has 0 unspecified atom stereocenters. The highest BCUT2D eigenvalue weighted by atomic mass is 19.1. The first-order valence-corrected chi connectivity index (χ1v) is 4.55. The summed E-state index contributed by atoms with van der Waals surface area (Å²) in [6.45, 7) is 1.64. The number of benzene rings is 1. The zero-order valence-corrected chi connectivity index (χ0v) is 8.37. The van der Waals surface area contributed by atoms with Gasteiger partial charge in [0.25, 0.3) is 0 Å². The Labute approximate surface area is 89.3 Å². The summed E-state index contributed by atoms with van der Waals surface area (Å²) < 4.78 is 13.1. The van der Waals surface area contributed by atoms with Gasteiger partial charge in [-0.25, -0.2) is 9.18 Å². The van der Waals surface area contributed by atoms with Crippen molar-refractivity contribution >= 4 is 16.9 Å². The Morgan fingerprint density at radius 3 is 2.75 bits per heavy atom. The van der Waals surface area contributed by atoms with Gasteiger partial charge in [-0.05, 0) is 24.6 Å². The van der Waals surface area contributed by atoms with Gasteiger partial charge in [-0.3, -0.25) is 4.79 Å². The number of aromatic nitrogens is 1. The lowest BCUT2D eigenvalue weighted by molar-refractivity contribution is 0.0695. The van der Waals surface area contributed by atoms with Crippen LogP contribution in [0.2, 0.25) is 0 Å². The third-order valence-electron chi connectivity index (χ3n) is 2.38. The van der Waals surface area contributed by atoms with Crippen LogP contribution in [0, 0.1) is 12.7 Å². The van der Waals surface area contributed by atoms with Gasteiger partial charge in [-0.1, -0.05) is 0 Å². The molecule has 0 saturated carbocycles. The fourth-order valence-corrected chi connectivity index (χ4v) is 1.63. The minimum atomic E-state index is -1.33. The molecule has 0 saturated heterocycles. The van der Waals surface area contributed by atoms with Crippen molar-refractivity contribution in [3.8, 4) is 0 Å². The molecule has 1 aromatic heterocycles. The van der Waals surface area contributed by atoms with Gasteiger partial charge < -0.3 is 10.1 Å². The van der Waals surface area contributed by atoms with Crippen LogP contribution >= 0.6 is 0 Å². The Kier molecular flexibility index (Phi) is 2.23. The van der Waals surface area contributed by atoms with Crippen LogP contribution in [0.15, 0.2) is 23.1 Å². The summed E-state index contributed by atoms with van der Waals surface area (Å²) in [5.74, 6) is -1.89. The van der Waals surface area contributed by atoms with Gasteiger partial charge in [-0.2, -0.15) is 0 Å². The molecule has 2 rings (SSSR count). The van der Waals surface area contributed by atoms with Gasteiger partial charge in [-0.15, -0.1) is 0 Å². The Bertz CT molecular complexity index is 645. The van der Waals surface area contributed by atoms with Crippen LogP contribution in [0.3, 0.4) is 0 Å². The van der Waals surface area contributed by atoms with Crippen molar-refractivity contribution in [3.63, 3.8) is 0 Å². The summed E-state index contributed by atoms with van der Waals surface area (Å²) in [4.78, 5) is 25.1. The van der Waals surface area contributed by atoms with E-state index in [1.165, 1.54) is 6.07 Å². The molecule has 0 aliphatic carbocycles. The molecule has 4 nitrogen and oxygen atoms in total. The summed E-state index contributed by atoms with van der Waals surface area (Å²) >= 11 is 0. The minimum Gasteiger partial charge on any atom is -0.477 e. The highest BCUT2D eigenvalue weighted by molar-refractivity contribution is 5.92. The van der Waals surface area contributed by atoms with Crippen LogP contribution in [0.1, 0.15) is 15.9 Å². The molecule has 1 heterocycles. The molecule has 0 radical (unpaired) electrons. The Hall–Kier alpha value is -2.17. The van der Waals surface area contributed by atoms with Crippen LogP contribution in [-0.2, 0) is 0 Å². The maximum atomic E-state index is 13.1. The molecule has 0 amide bonds. The number of aryl methyl sites for hydroxylation is 1. The molecule has 1 aromatic carbocycles. The van der Waals surface area contributed by atoms with E-state index in [9.17, 15) is 14.0 Å². The Morgan fingerprint density at radius 1 is 1.44 bits per heavy atom. The summed E-state index contributed by atoms with van der Waals surface area (Å²) in [7, 11) is 0. The monoisotopic (exact) mass is 221 g/mol. The van der Waals surface area contributed by atoms with Gasteiger partial charge in [0.15, 0.2) is 0 Å². The molecule has 2 N–H and O–H groups in total. The number of hydrogen-bond acceptors (Lipinski definition) is 2. The van der Waals surface area contributed by atoms with Crippen molar-refractivity contribution in [1.29, 1.82) is 0 Å². The fraction of sp³-hybridized carbons (Fsp3) is 0.0909. The quantitative estimate of drug-likeness (QED) is 0.769. The Balaban J connectivity index is 2.95. The standard InChI is InChI=1S/C11H8FNO3/c1-5-2-6(12)3-7-9(5)13-4-8(10(7)14)11(15)16/h2-4H,1H3,(H,13,14)(H,15,16). The Morgan fingerprint density at radius 2 is 2.12 bits per heavy atom. The van der Waals surface area contributed by atoms with Crippen molar-refractivity contribution in [2.75, 3.05) is 0 Å². The van der Waals surface area contributed by atoms with Crippen LogP contribution in [0.25, 0.3) is 10.9 Å². The zero-order valence-electron chi connectivity index (χ0n) is 8.37. The molecule has 0 aliphatic heterocycles. The van der Waals surface area contributed by atoms with E-state index in [1.54, 1.807) is 6.92 Å². The van der Waals surface area contributed by atoms with E-state index in [0.29, 0.717) is 11.1 Å². The van der Waals surface area contributed by atoms with E-state index < -0.39 is 22.8 Å². The molecule has 16 heavy (non-hydrogen) atoms. The maximum Gasteiger partial charge on any atom is 0.341 e. The smallest absolute Gasteiger partial charge is 0.341 e. The first-order valence-electron chi connectivity index (χ1n) is 4.55. The lowest BCUT2D eigenvalue weighted by atomic mass is 10.1. The van der Waals surface area contributed by atoms with E-state index in [1.807, 2.05) is 0 Å². The average molecular weight is 221 g/mol. The van der Waals surface area contributed by atoms with Crippen molar-refractivity contribution in [1.82, 2.24) is 4.98 Å². The first kappa shape index (κ1) is 10.4. The van der Waals surface area contributed by atoms with Crippen molar-refractivity contribution in [3.05, 3.63) is 45.5 Å². The number of aromatic carboxylic acids is 1. The number of aromatic amines is 1. The first-order chi connectivity index (χ1) is 7.50.